The predicted octanol–water partition coefficient (Wildman–Crippen LogP) is 3.96. The molecule has 1 saturated heterocycles. The average Bonchev–Trinajstić information content (AvgIpc) is 3.21. The van der Waals surface area contributed by atoms with Crippen LogP contribution in [-0.4, -0.2) is 33.2 Å². The zero-order valence-electron chi connectivity index (χ0n) is 15.2. The molecule has 1 heterocycles. The number of benzene rings is 2. The molecule has 0 aliphatic carbocycles. The van der Waals surface area contributed by atoms with E-state index in [2.05, 4.69) is 16.3 Å². The van der Waals surface area contributed by atoms with Crippen LogP contribution in [-0.2, 0) is 4.79 Å². The highest BCUT2D eigenvalue weighted by atomic mass is 16.5. The summed E-state index contributed by atoms with van der Waals surface area (Å²) in [6.07, 6.45) is 5.63. The largest absolute Gasteiger partial charge is 0.497 e. The molecule has 5 heteroatoms. The summed E-state index contributed by atoms with van der Waals surface area (Å²) in [4.78, 5) is 14.7. The highest BCUT2D eigenvalue weighted by Crippen LogP contribution is 2.29. The van der Waals surface area contributed by atoms with Crippen molar-refractivity contribution in [3.63, 3.8) is 0 Å². The van der Waals surface area contributed by atoms with Crippen LogP contribution < -0.4 is 19.7 Å². The maximum absolute atomic E-state index is 12.4. The summed E-state index contributed by atoms with van der Waals surface area (Å²) in [5.74, 6) is 1.22. The minimum absolute atomic E-state index is 0.179. The van der Waals surface area contributed by atoms with Crippen LogP contribution in [0.2, 0.25) is 0 Å². The standard InChI is InChI=1S/C21H24N2O3/c1-25-17-10-11-20(26-2)16(15-17)9-12-21(24)22-18-7-3-4-8-19(18)23-13-5-6-14-23/h3-4,7-12,15H,5-6,13-14H2,1-2H3,(H,22,24). The fraction of sp³-hybridized carbons (Fsp3) is 0.286. The molecule has 0 bridgehead atoms. The first-order valence-corrected chi connectivity index (χ1v) is 8.76. The molecule has 1 amide bonds. The second-order valence-corrected chi connectivity index (χ2v) is 6.14. The Labute approximate surface area is 154 Å². The number of anilines is 2. The number of nitrogens with zero attached hydrogens (tertiary/aromatic N) is 1. The minimum Gasteiger partial charge on any atom is -0.497 e. The monoisotopic (exact) mass is 352 g/mol. The third kappa shape index (κ3) is 4.17. The Morgan fingerprint density at radius 2 is 1.85 bits per heavy atom. The van der Waals surface area contributed by atoms with Crippen LogP contribution in [0.4, 0.5) is 11.4 Å². The molecule has 3 rings (SSSR count). The maximum atomic E-state index is 12.4. The zero-order valence-corrected chi connectivity index (χ0v) is 15.2. The molecule has 2 aromatic rings. The van der Waals surface area contributed by atoms with Gasteiger partial charge in [0.1, 0.15) is 11.5 Å². The molecule has 0 spiro atoms. The number of para-hydroxylation sites is 2. The number of carbonyl (C=O) groups excluding carboxylic acids is 1. The van der Waals surface area contributed by atoms with E-state index in [0.29, 0.717) is 11.5 Å². The normalized spacial score (nSPS) is 13.8. The average molecular weight is 352 g/mol. The zero-order chi connectivity index (χ0) is 18.4. The van der Waals surface area contributed by atoms with E-state index in [1.807, 2.05) is 36.4 Å². The lowest BCUT2D eigenvalue weighted by atomic mass is 10.1. The van der Waals surface area contributed by atoms with Crippen LogP contribution in [0.1, 0.15) is 18.4 Å². The summed E-state index contributed by atoms with van der Waals surface area (Å²) in [5.41, 5.74) is 2.70. The Morgan fingerprint density at radius 1 is 1.08 bits per heavy atom. The fourth-order valence-electron chi connectivity index (χ4n) is 3.12. The number of nitrogens with one attached hydrogen (secondary N) is 1. The summed E-state index contributed by atoms with van der Waals surface area (Å²) in [7, 11) is 3.21. The first-order valence-electron chi connectivity index (χ1n) is 8.76. The van der Waals surface area contributed by atoms with E-state index in [4.69, 9.17) is 9.47 Å². The van der Waals surface area contributed by atoms with E-state index in [1.54, 1.807) is 20.3 Å². The molecule has 1 fully saturated rings. The summed E-state index contributed by atoms with van der Waals surface area (Å²) in [5, 5.41) is 2.98. The molecule has 26 heavy (non-hydrogen) atoms. The van der Waals surface area contributed by atoms with Crippen molar-refractivity contribution in [2.24, 2.45) is 0 Å². The SMILES string of the molecule is COc1ccc(OC)c(C=CC(=O)Nc2ccccc2N2CCCC2)c1. The molecule has 0 saturated carbocycles. The van der Waals surface area contributed by atoms with Crippen molar-refractivity contribution in [3.8, 4) is 11.5 Å². The van der Waals surface area contributed by atoms with Crippen molar-refractivity contribution in [3.05, 3.63) is 54.1 Å². The summed E-state index contributed by atoms with van der Waals surface area (Å²) < 4.78 is 10.6. The minimum atomic E-state index is -0.179. The van der Waals surface area contributed by atoms with E-state index in [1.165, 1.54) is 18.9 Å². The van der Waals surface area contributed by atoms with Crippen LogP contribution in [0.15, 0.2) is 48.5 Å². The van der Waals surface area contributed by atoms with E-state index < -0.39 is 0 Å². The van der Waals surface area contributed by atoms with Crippen molar-refractivity contribution in [1.82, 2.24) is 0 Å². The molecular formula is C21H24N2O3. The van der Waals surface area contributed by atoms with Crippen molar-refractivity contribution >= 4 is 23.4 Å². The van der Waals surface area contributed by atoms with Gasteiger partial charge in [0.25, 0.3) is 0 Å². The molecule has 5 nitrogen and oxygen atoms in total. The van der Waals surface area contributed by atoms with E-state index >= 15 is 0 Å². The molecule has 1 N–H and O–H groups in total. The first-order chi connectivity index (χ1) is 12.7. The van der Waals surface area contributed by atoms with Crippen molar-refractivity contribution in [2.75, 3.05) is 37.5 Å². The van der Waals surface area contributed by atoms with Crippen molar-refractivity contribution < 1.29 is 14.3 Å². The number of hydrogen-bond acceptors (Lipinski definition) is 4. The smallest absolute Gasteiger partial charge is 0.248 e. The molecule has 1 aliphatic heterocycles. The van der Waals surface area contributed by atoms with Gasteiger partial charge in [-0.15, -0.1) is 0 Å². The van der Waals surface area contributed by atoms with E-state index in [0.717, 1.165) is 30.0 Å². The number of ether oxygens (including phenoxy) is 2. The molecule has 0 atom stereocenters. The second-order valence-electron chi connectivity index (χ2n) is 6.14. The van der Waals surface area contributed by atoms with Gasteiger partial charge in [0, 0.05) is 24.7 Å². The van der Waals surface area contributed by atoms with Crippen LogP contribution in [0, 0.1) is 0 Å². The lowest BCUT2D eigenvalue weighted by molar-refractivity contribution is -0.111. The number of methoxy groups -OCH3 is 2. The molecular weight excluding hydrogens is 328 g/mol. The Kier molecular flexibility index (Phi) is 5.79. The van der Waals surface area contributed by atoms with Gasteiger partial charge in [0.2, 0.25) is 5.91 Å². The first kappa shape index (κ1) is 17.9. The number of amides is 1. The Bertz CT molecular complexity index is 796. The number of hydrogen-bond donors (Lipinski definition) is 1. The van der Waals surface area contributed by atoms with Crippen LogP contribution in [0.5, 0.6) is 11.5 Å². The van der Waals surface area contributed by atoms with Crippen molar-refractivity contribution in [2.45, 2.75) is 12.8 Å². The lowest BCUT2D eigenvalue weighted by Gasteiger charge is -2.21. The van der Waals surface area contributed by atoms with Gasteiger partial charge in [-0.25, -0.2) is 0 Å². The molecule has 0 aromatic heterocycles. The quantitative estimate of drug-likeness (QED) is 0.800. The van der Waals surface area contributed by atoms with Gasteiger partial charge in [-0.2, -0.15) is 0 Å². The molecule has 0 radical (unpaired) electrons. The van der Waals surface area contributed by atoms with Crippen LogP contribution in [0.3, 0.4) is 0 Å². The third-order valence-corrected chi connectivity index (χ3v) is 4.46. The molecule has 136 valence electrons. The van der Waals surface area contributed by atoms with Crippen molar-refractivity contribution in [1.29, 1.82) is 0 Å². The highest BCUT2D eigenvalue weighted by Gasteiger charge is 2.16. The van der Waals surface area contributed by atoms with Crippen LogP contribution in [0.25, 0.3) is 6.08 Å². The highest BCUT2D eigenvalue weighted by molar-refractivity contribution is 6.04. The van der Waals surface area contributed by atoms with E-state index in [-0.39, 0.29) is 5.91 Å². The van der Waals surface area contributed by atoms with Gasteiger partial charge in [0.15, 0.2) is 0 Å². The van der Waals surface area contributed by atoms with Gasteiger partial charge in [0.05, 0.1) is 25.6 Å². The number of carbonyl (C=O) groups is 1. The van der Waals surface area contributed by atoms with Gasteiger partial charge in [-0.3, -0.25) is 4.79 Å². The summed E-state index contributed by atoms with van der Waals surface area (Å²) in [6.45, 7) is 2.06. The summed E-state index contributed by atoms with van der Waals surface area (Å²) >= 11 is 0. The van der Waals surface area contributed by atoms with Gasteiger partial charge >= 0.3 is 0 Å². The Hall–Kier alpha value is -2.95. The fourth-order valence-corrected chi connectivity index (χ4v) is 3.12. The second kappa shape index (κ2) is 8.43. The summed E-state index contributed by atoms with van der Waals surface area (Å²) in [6, 6.07) is 13.4. The molecule has 0 unspecified atom stereocenters. The lowest BCUT2D eigenvalue weighted by Crippen LogP contribution is -2.20. The van der Waals surface area contributed by atoms with Gasteiger partial charge in [-0.05, 0) is 49.2 Å². The topological polar surface area (TPSA) is 50.8 Å². The molecule has 2 aromatic carbocycles. The van der Waals surface area contributed by atoms with E-state index in [9.17, 15) is 4.79 Å². The molecule has 1 aliphatic rings. The maximum Gasteiger partial charge on any atom is 0.248 e. The number of rotatable bonds is 6. The van der Waals surface area contributed by atoms with Gasteiger partial charge in [-0.1, -0.05) is 12.1 Å². The Balaban J connectivity index is 1.74. The Morgan fingerprint density at radius 3 is 2.58 bits per heavy atom. The third-order valence-electron chi connectivity index (χ3n) is 4.46. The predicted molar refractivity (Wildman–Crippen MR) is 105 cm³/mol. The van der Waals surface area contributed by atoms with Crippen LogP contribution >= 0.6 is 0 Å². The van der Waals surface area contributed by atoms with Gasteiger partial charge < -0.3 is 19.7 Å².